The van der Waals surface area contributed by atoms with Crippen molar-refractivity contribution in [3.63, 3.8) is 0 Å². The van der Waals surface area contributed by atoms with Gasteiger partial charge in [0, 0.05) is 12.1 Å². The lowest BCUT2D eigenvalue weighted by atomic mass is 10.0. The van der Waals surface area contributed by atoms with E-state index in [-0.39, 0.29) is 5.56 Å². The fourth-order valence-electron chi connectivity index (χ4n) is 1.46. The topological polar surface area (TPSA) is 32.3 Å². The number of halogens is 2. The number of aliphatic hydroxyl groups is 1. The third-order valence-electron chi connectivity index (χ3n) is 2.31. The molecule has 0 bridgehead atoms. The Morgan fingerprint density at radius 1 is 1.40 bits per heavy atom. The first-order valence-corrected chi connectivity index (χ1v) is 4.77. The number of hydrogen-bond acceptors (Lipinski definition) is 2. The largest absolute Gasteiger partial charge is 0.387 e. The maximum absolute atomic E-state index is 12.4. The summed E-state index contributed by atoms with van der Waals surface area (Å²) in [5.41, 5.74) is 1.33. The van der Waals surface area contributed by atoms with Gasteiger partial charge >= 0.3 is 0 Å². The number of rotatable bonds is 4. The molecule has 0 aliphatic carbocycles. The van der Waals surface area contributed by atoms with Crippen LogP contribution >= 0.6 is 0 Å². The lowest BCUT2D eigenvalue weighted by Crippen LogP contribution is -2.17. The third kappa shape index (κ3) is 2.97. The highest BCUT2D eigenvalue weighted by molar-refractivity contribution is 5.33. The van der Waals surface area contributed by atoms with Crippen LogP contribution in [0.5, 0.6) is 0 Å². The van der Waals surface area contributed by atoms with Crippen LogP contribution in [0.3, 0.4) is 0 Å². The van der Waals surface area contributed by atoms with Crippen LogP contribution < -0.4 is 5.32 Å². The molecule has 0 amide bonds. The summed E-state index contributed by atoms with van der Waals surface area (Å²) in [5.74, 6) is 0. The molecule has 4 heteroatoms. The zero-order chi connectivity index (χ0) is 11.4. The Bertz CT molecular complexity index is 328. The number of aliphatic hydroxyl groups excluding tert-OH is 1. The van der Waals surface area contributed by atoms with E-state index in [4.69, 9.17) is 0 Å². The van der Waals surface area contributed by atoms with Crippen molar-refractivity contribution in [2.75, 3.05) is 13.6 Å². The number of likely N-dealkylation sites (N-methyl/N-ethyl adjacent to an activating group) is 1. The van der Waals surface area contributed by atoms with Gasteiger partial charge in [0.15, 0.2) is 0 Å². The fourth-order valence-corrected chi connectivity index (χ4v) is 1.46. The zero-order valence-electron chi connectivity index (χ0n) is 8.80. The first-order chi connectivity index (χ1) is 7.06. The van der Waals surface area contributed by atoms with Gasteiger partial charge in [-0.05, 0) is 31.2 Å². The Hall–Kier alpha value is -1.00. The SMILES string of the molecule is CNCC(O)c1cc(C(F)F)ccc1C. The number of benzene rings is 1. The van der Waals surface area contributed by atoms with Gasteiger partial charge in [-0.3, -0.25) is 0 Å². The van der Waals surface area contributed by atoms with Crippen molar-refractivity contribution >= 4 is 0 Å². The highest BCUT2D eigenvalue weighted by Gasteiger charge is 2.13. The first kappa shape index (κ1) is 12.1. The molecule has 0 radical (unpaired) electrons. The molecule has 2 nitrogen and oxygen atoms in total. The van der Waals surface area contributed by atoms with Crippen molar-refractivity contribution in [2.45, 2.75) is 19.5 Å². The molecule has 0 fully saturated rings. The van der Waals surface area contributed by atoms with Gasteiger partial charge in [-0.15, -0.1) is 0 Å². The molecule has 1 aromatic rings. The minimum absolute atomic E-state index is 0.0502. The summed E-state index contributed by atoms with van der Waals surface area (Å²) in [6.07, 6.45) is -3.24. The van der Waals surface area contributed by atoms with Crippen LogP contribution in [0.2, 0.25) is 0 Å². The van der Waals surface area contributed by atoms with Crippen molar-refractivity contribution in [1.82, 2.24) is 5.32 Å². The van der Waals surface area contributed by atoms with E-state index in [0.717, 1.165) is 5.56 Å². The van der Waals surface area contributed by atoms with E-state index < -0.39 is 12.5 Å². The average Bonchev–Trinajstić information content (AvgIpc) is 2.18. The normalized spacial score (nSPS) is 13.2. The first-order valence-electron chi connectivity index (χ1n) is 4.77. The second kappa shape index (κ2) is 5.19. The lowest BCUT2D eigenvalue weighted by Gasteiger charge is -2.14. The second-order valence-electron chi connectivity index (χ2n) is 3.49. The summed E-state index contributed by atoms with van der Waals surface area (Å²) in [6, 6.07) is 4.35. The van der Waals surface area contributed by atoms with E-state index in [1.54, 1.807) is 20.0 Å². The van der Waals surface area contributed by atoms with Gasteiger partial charge in [0.05, 0.1) is 6.10 Å². The number of nitrogens with one attached hydrogen (secondary N) is 1. The predicted molar refractivity (Wildman–Crippen MR) is 55.0 cm³/mol. The van der Waals surface area contributed by atoms with Crippen LogP contribution in [0.25, 0.3) is 0 Å². The summed E-state index contributed by atoms with van der Waals surface area (Å²) >= 11 is 0. The quantitative estimate of drug-likeness (QED) is 0.806. The minimum Gasteiger partial charge on any atom is -0.387 e. The van der Waals surface area contributed by atoms with Crippen LogP contribution in [-0.2, 0) is 0 Å². The smallest absolute Gasteiger partial charge is 0.263 e. The van der Waals surface area contributed by atoms with Crippen LogP contribution in [0.1, 0.15) is 29.2 Å². The van der Waals surface area contributed by atoms with Crippen molar-refractivity contribution in [3.8, 4) is 0 Å². The fraction of sp³-hybridized carbons (Fsp3) is 0.455. The van der Waals surface area contributed by atoms with Gasteiger partial charge in [0.2, 0.25) is 0 Å². The van der Waals surface area contributed by atoms with Crippen molar-refractivity contribution in [3.05, 3.63) is 34.9 Å². The van der Waals surface area contributed by atoms with Gasteiger partial charge in [0.1, 0.15) is 0 Å². The number of aryl methyl sites for hydroxylation is 1. The summed E-state index contributed by atoms with van der Waals surface area (Å²) in [6.45, 7) is 2.15. The molecular weight excluding hydrogens is 200 g/mol. The molecule has 1 aromatic carbocycles. The van der Waals surface area contributed by atoms with Gasteiger partial charge in [-0.1, -0.05) is 12.1 Å². The Morgan fingerprint density at radius 3 is 2.60 bits per heavy atom. The Balaban J connectivity index is 2.99. The Morgan fingerprint density at radius 2 is 2.07 bits per heavy atom. The van der Waals surface area contributed by atoms with Gasteiger partial charge in [-0.25, -0.2) is 8.78 Å². The van der Waals surface area contributed by atoms with E-state index in [0.29, 0.717) is 12.1 Å². The summed E-state index contributed by atoms with van der Waals surface area (Å²) in [5, 5.41) is 12.5. The van der Waals surface area contributed by atoms with Crippen molar-refractivity contribution in [1.29, 1.82) is 0 Å². The molecule has 0 heterocycles. The maximum Gasteiger partial charge on any atom is 0.263 e. The van der Waals surface area contributed by atoms with Gasteiger partial charge < -0.3 is 10.4 Å². The summed E-state index contributed by atoms with van der Waals surface area (Å²) < 4.78 is 24.9. The molecular formula is C11H15F2NO. The molecule has 15 heavy (non-hydrogen) atoms. The monoisotopic (exact) mass is 215 g/mol. The molecule has 0 spiro atoms. The summed E-state index contributed by atoms with van der Waals surface area (Å²) in [7, 11) is 1.70. The van der Waals surface area contributed by atoms with Crippen LogP contribution in [0.15, 0.2) is 18.2 Å². The van der Waals surface area contributed by atoms with Gasteiger partial charge in [-0.2, -0.15) is 0 Å². The van der Waals surface area contributed by atoms with Crippen LogP contribution in [0.4, 0.5) is 8.78 Å². The number of hydrogen-bond donors (Lipinski definition) is 2. The molecule has 2 N–H and O–H groups in total. The summed E-state index contributed by atoms with van der Waals surface area (Å²) in [4.78, 5) is 0. The van der Waals surface area contributed by atoms with Crippen molar-refractivity contribution < 1.29 is 13.9 Å². The molecule has 0 aromatic heterocycles. The van der Waals surface area contributed by atoms with E-state index in [1.807, 2.05) is 0 Å². The number of alkyl halides is 2. The lowest BCUT2D eigenvalue weighted by molar-refractivity contribution is 0.149. The zero-order valence-corrected chi connectivity index (χ0v) is 8.80. The highest BCUT2D eigenvalue weighted by Crippen LogP contribution is 2.25. The van der Waals surface area contributed by atoms with E-state index in [2.05, 4.69) is 5.32 Å². The molecule has 1 unspecified atom stereocenters. The molecule has 1 rings (SSSR count). The van der Waals surface area contributed by atoms with Gasteiger partial charge in [0.25, 0.3) is 6.43 Å². The van der Waals surface area contributed by atoms with E-state index >= 15 is 0 Å². The molecule has 1 atom stereocenters. The molecule has 0 aliphatic rings. The molecule has 0 saturated carbocycles. The van der Waals surface area contributed by atoms with Crippen molar-refractivity contribution in [2.24, 2.45) is 0 Å². The third-order valence-corrected chi connectivity index (χ3v) is 2.31. The molecule has 84 valence electrons. The predicted octanol–water partition coefficient (Wildman–Crippen LogP) is 2.19. The Labute approximate surface area is 87.9 Å². The molecule has 0 saturated heterocycles. The second-order valence-corrected chi connectivity index (χ2v) is 3.49. The average molecular weight is 215 g/mol. The molecule has 0 aliphatic heterocycles. The standard InChI is InChI=1S/C11H15F2NO/c1-7-3-4-8(11(12)13)5-9(7)10(15)6-14-2/h3-5,10-11,14-15H,6H2,1-2H3. The minimum atomic E-state index is -2.49. The maximum atomic E-state index is 12.4. The van der Waals surface area contributed by atoms with E-state index in [1.165, 1.54) is 12.1 Å². The van der Waals surface area contributed by atoms with E-state index in [9.17, 15) is 13.9 Å². The van der Waals surface area contributed by atoms with Crippen LogP contribution in [-0.4, -0.2) is 18.7 Å². The highest BCUT2D eigenvalue weighted by atomic mass is 19.3. The van der Waals surface area contributed by atoms with Crippen LogP contribution in [0, 0.1) is 6.92 Å². The Kier molecular flexibility index (Phi) is 4.17.